The third-order valence-electron chi connectivity index (χ3n) is 6.38. The summed E-state index contributed by atoms with van der Waals surface area (Å²) in [5, 5.41) is 4.08. The Hall–Kier alpha value is -3.16. The summed E-state index contributed by atoms with van der Waals surface area (Å²) in [6.07, 6.45) is -2.32. The van der Waals surface area contributed by atoms with Crippen molar-refractivity contribution in [3.63, 3.8) is 0 Å². The average Bonchev–Trinajstić information content (AvgIpc) is 3.46. The number of carbonyl (C=O) groups is 1. The Balaban J connectivity index is 1.18. The van der Waals surface area contributed by atoms with E-state index in [4.69, 9.17) is 4.52 Å². The third-order valence-corrected chi connectivity index (χ3v) is 6.38. The van der Waals surface area contributed by atoms with Gasteiger partial charge in [0.15, 0.2) is 0 Å². The van der Waals surface area contributed by atoms with E-state index in [1.807, 2.05) is 35.2 Å². The molecule has 1 aliphatic carbocycles. The summed E-state index contributed by atoms with van der Waals surface area (Å²) < 4.78 is 44.4. The number of amides is 1. The third kappa shape index (κ3) is 4.13. The van der Waals surface area contributed by atoms with Crippen LogP contribution in [0.3, 0.4) is 0 Å². The largest absolute Gasteiger partial charge is 0.416 e. The number of nitrogens with zero attached hydrogens (tertiary/aromatic N) is 3. The maximum absolute atomic E-state index is 13.0. The van der Waals surface area contributed by atoms with Gasteiger partial charge in [-0.25, -0.2) is 0 Å². The molecule has 2 atom stereocenters. The highest BCUT2D eigenvalue weighted by atomic mass is 19.4. The maximum atomic E-state index is 13.0. The van der Waals surface area contributed by atoms with Gasteiger partial charge in [-0.15, -0.1) is 0 Å². The lowest BCUT2D eigenvalue weighted by Crippen LogP contribution is -2.39. The van der Waals surface area contributed by atoms with Crippen molar-refractivity contribution in [1.29, 1.82) is 0 Å². The normalized spacial score (nSPS) is 21.5. The fraction of sp³-hybridized carbons (Fsp3) is 0.375. The number of rotatable bonds is 4. The molecule has 8 heteroatoms. The van der Waals surface area contributed by atoms with Gasteiger partial charge in [0.1, 0.15) is 0 Å². The first-order valence-corrected chi connectivity index (χ1v) is 10.7. The van der Waals surface area contributed by atoms with Crippen molar-refractivity contribution >= 4 is 5.91 Å². The lowest BCUT2D eigenvalue weighted by Gasteiger charge is -2.30. The van der Waals surface area contributed by atoms with E-state index in [9.17, 15) is 18.0 Å². The lowest BCUT2D eigenvalue weighted by molar-refractivity contribution is -0.137. The number of piperidine rings is 1. The monoisotopic (exact) mass is 441 g/mol. The molecular weight excluding hydrogens is 419 g/mol. The maximum Gasteiger partial charge on any atom is 0.416 e. The first-order valence-electron chi connectivity index (χ1n) is 10.7. The predicted molar refractivity (Wildman–Crippen MR) is 111 cm³/mol. The standard InChI is InChI=1S/C24H22F3N3O2/c25-24(26,27)18-8-4-7-17(13-18)19-14-20(19)23(31)30-11-9-16(10-12-30)22-28-21(29-32-22)15-5-2-1-3-6-15/h1-8,13,16,19-20H,9-12,14H2. The van der Waals surface area contributed by atoms with Crippen LogP contribution < -0.4 is 0 Å². The Labute approximate surface area is 183 Å². The van der Waals surface area contributed by atoms with Gasteiger partial charge in [0.25, 0.3) is 0 Å². The fourth-order valence-corrected chi connectivity index (χ4v) is 4.47. The average molecular weight is 441 g/mol. The van der Waals surface area contributed by atoms with Crippen LogP contribution in [0.1, 0.15) is 48.1 Å². The van der Waals surface area contributed by atoms with Gasteiger partial charge in [0.05, 0.1) is 5.56 Å². The van der Waals surface area contributed by atoms with Gasteiger partial charge >= 0.3 is 6.18 Å². The van der Waals surface area contributed by atoms with E-state index in [-0.39, 0.29) is 23.7 Å². The number of carbonyl (C=O) groups excluding carboxylic acids is 1. The molecule has 2 fully saturated rings. The molecule has 5 rings (SSSR count). The highest BCUT2D eigenvalue weighted by Gasteiger charge is 2.47. The van der Waals surface area contributed by atoms with Crippen LogP contribution in [0.5, 0.6) is 0 Å². The summed E-state index contributed by atoms with van der Waals surface area (Å²) in [5.74, 6) is 0.907. The Kier molecular flexibility index (Phi) is 5.23. The van der Waals surface area contributed by atoms with Gasteiger partial charge in [-0.3, -0.25) is 4.79 Å². The van der Waals surface area contributed by atoms with Crippen molar-refractivity contribution in [1.82, 2.24) is 15.0 Å². The summed E-state index contributed by atoms with van der Waals surface area (Å²) in [6, 6.07) is 14.9. The Morgan fingerprint density at radius 1 is 1.03 bits per heavy atom. The quantitative estimate of drug-likeness (QED) is 0.554. The lowest BCUT2D eigenvalue weighted by atomic mass is 9.96. The van der Waals surface area contributed by atoms with Crippen molar-refractivity contribution in [3.8, 4) is 11.4 Å². The van der Waals surface area contributed by atoms with Crippen LogP contribution in [-0.2, 0) is 11.0 Å². The highest BCUT2D eigenvalue weighted by Crippen LogP contribution is 2.49. The van der Waals surface area contributed by atoms with Gasteiger partial charge in [-0.2, -0.15) is 18.2 Å². The number of hydrogen-bond donors (Lipinski definition) is 0. The van der Waals surface area contributed by atoms with E-state index in [1.165, 1.54) is 12.1 Å². The van der Waals surface area contributed by atoms with E-state index >= 15 is 0 Å². The summed E-state index contributed by atoms with van der Waals surface area (Å²) in [5.41, 5.74) is 0.820. The highest BCUT2D eigenvalue weighted by molar-refractivity contribution is 5.83. The molecule has 166 valence electrons. The number of alkyl halides is 3. The number of aromatic nitrogens is 2. The molecule has 0 radical (unpaired) electrons. The molecule has 2 heterocycles. The van der Waals surface area contributed by atoms with E-state index < -0.39 is 11.7 Å². The van der Waals surface area contributed by atoms with Crippen molar-refractivity contribution in [2.75, 3.05) is 13.1 Å². The van der Waals surface area contributed by atoms with Crippen LogP contribution in [0, 0.1) is 5.92 Å². The first-order chi connectivity index (χ1) is 15.4. The molecule has 2 aromatic carbocycles. The minimum Gasteiger partial charge on any atom is -0.342 e. The molecule has 1 amide bonds. The molecular formula is C24H22F3N3O2. The van der Waals surface area contributed by atoms with E-state index in [0.717, 1.165) is 24.5 Å². The topological polar surface area (TPSA) is 59.2 Å². The zero-order valence-corrected chi connectivity index (χ0v) is 17.3. The van der Waals surface area contributed by atoms with Gasteiger partial charge in [0, 0.05) is 30.5 Å². The van der Waals surface area contributed by atoms with E-state index in [0.29, 0.717) is 36.8 Å². The molecule has 0 spiro atoms. The SMILES string of the molecule is O=C(C1CC1c1cccc(C(F)(F)F)c1)N1CCC(c2nc(-c3ccccc3)no2)CC1. The second-order valence-corrected chi connectivity index (χ2v) is 8.49. The van der Waals surface area contributed by atoms with Crippen molar-refractivity contribution in [2.45, 2.75) is 37.3 Å². The zero-order valence-electron chi connectivity index (χ0n) is 17.3. The van der Waals surface area contributed by atoms with Crippen LogP contribution in [-0.4, -0.2) is 34.0 Å². The van der Waals surface area contributed by atoms with Crippen LogP contribution >= 0.6 is 0 Å². The van der Waals surface area contributed by atoms with Crippen molar-refractivity contribution in [3.05, 3.63) is 71.6 Å². The zero-order chi connectivity index (χ0) is 22.3. The molecule has 2 aliphatic rings. The molecule has 0 bridgehead atoms. The van der Waals surface area contributed by atoms with Crippen LogP contribution in [0.2, 0.25) is 0 Å². The smallest absolute Gasteiger partial charge is 0.342 e. The minimum atomic E-state index is -4.37. The number of likely N-dealkylation sites (tertiary alicyclic amines) is 1. The summed E-state index contributed by atoms with van der Waals surface area (Å²) >= 11 is 0. The molecule has 1 aromatic heterocycles. The number of benzene rings is 2. The molecule has 1 aliphatic heterocycles. The number of hydrogen-bond acceptors (Lipinski definition) is 4. The van der Waals surface area contributed by atoms with Gasteiger partial charge in [-0.1, -0.05) is 53.7 Å². The fourth-order valence-electron chi connectivity index (χ4n) is 4.47. The molecule has 1 saturated carbocycles. The molecule has 3 aromatic rings. The van der Waals surface area contributed by atoms with Gasteiger partial charge in [-0.05, 0) is 36.8 Å². The van der Waals surface area contributed by atoms with Crippen LogP contribution in [0.15, 0.2) is 59.1 Å². The Morgan fingerprint density at radius 3 is 2.50 bits per heavy atom. The van der Waals surface area contributed by atoms with Gasteiger partial charge < -0.3 is 9.42 Å². The molecule has 0 N–H and O–H groups in total. The number of halogens is 3. The van der Waals surface area contributed by atoms with E-state index in [1.54, 1.807) is 6.07 Å². The van der Waals surface area contributed by atoms with E-state index in [2.05, 4.69) is 10.1 Å². The Morgan fingerprint density at radius 2 is 1.78 bits per heavy atom. The Bertz CT molecular complexity index is 1100. The summed E-state index contributed by atoms with van der Waals surface area (Å²) in [6.45, 7) is 1.16. The minimum absolute atomic E-state index is 0.0290. The van der Waals surface area contributed by atoms with Crippen molar-refractivity contribution < 1.29 is 22.5 Å². The second kappa shape index (κ2) is 8.07. The summed E-state index contributed by atoms with van der Waals surface area (Å²) in [4.78, 5) is 19.3. The van der Waals surface area contributed by atoms with Gasteiger partial charge in [0.2, 0.25) is 17.6 Å². The first kappa shape index (κ1) is 20.7. The van der Waals surface area contributed by atoms with Crippen LogP contribution in [0.25, 0.3) is 11.4 Å². The molecule has 1 saturated heterocycles. The summed E-state index contributed by atoms with van der Waals surface area (Å²) in [7, 11) is 0. The van der Waals surface area contributed by atoms with Crippen molar-refractivity contribution in [2.24, 2.45) is 5.92 Å². The molecule has 32 heavy (non-hydrogen) atoms. The van der Waals surface area contributed by atoms with Crippen LogP contribution in [0.4, 0.5) is 13.2 Å². The molecule has 2 unspecified atom stereocenters. The second-order valence-electron chi connectivity index (χ2n) is 8.49. The molecule has 5 nitrogen and oxygen atoms in total. The predicted octanol–water partition coefficient (Wildman–Crippen LogP) is 5.27.